The van der Waals surface area contributed by atoms with E-state index in [0.717, 1.165) is 43.6 Å². The molecule has 1 atom stereocenters. The van der Waals surface area contributed by atoms with Crippen molar-refractivity contribution in [2.24, 2.45) is 7.05 Å². The molecule has 8 heteroatoms. The standard InChI is InChI=1S/C17H25N5O3/c1-12(23)18-14-4-3-6-22(10-14)17(25)11-21-7-5-15-13(9-21)8-16(24)20(2)19-15/h8,14H,3-7,9-11H2,1-2H3,(H,18,23). The fourth-order valence-corrected chi connectivity index (χ4v) is 3.59. The quantitative estimate of drug-likeness (QED) is 0.779. The van der Waals surface area contributed by atoms with Crippen LogP contribution in [0.1, 0.15) is 31.0 Å². The van der Waals surface area contributed by atoms with Gasteiger partial charge in [-0.25, -0.2) is 4.68 Å². The minimum atomic E-state index is -0.124. The fourth-order valence-electron chi connectivity index (χ4n) is 3.59. The molecule has 1 aromatic heterocycles. The Morgan fingerprint density at radius 1 is 1.36 bits per heavy atom. The molecule has 0 aromatic carbocycles. The molecule has 0 spiro atoms. The first-order valence-corrected chi connectivity index (χ1v) is 8.75. The average molecular weight is 347 g/mol. The van der Waals surface area contributed by atoms with E-state index in [1.54, 1.807) is 13.1 Å². The van der Waals surface area contributed by atoms with E-state index in [-0.39, 0.29) is 23.4 Å². The van der Waals surface area contributed by atoms with Gasteiger partial charge >= 0.3 is 0 Å². The number of carbonyl (C=O) groups excluding carboxylic acids is 2. The number of carbonyl (C=O) groups is 2. The minimum absolute atomic E-state index is 0.0458. The molecule has 2 amide bonds. The van der Waals surface area contributed by atoms with E-state index in [9.17, 15) is 14.4 Å². The van der Waals surface area contributed by atoms with Crippen LogP contribution < -0.4 is 10.9 Å². The Morgan fingerprint density at radius 2 is 2.16 bits per heavy atom. The zero-order valence-corrected chi connectivity index (χ0v) is 14.8. The van der Waals surface area contributed by atoms with Gasteiger partial charge in [-0.3, -0.25) is 19.3 Å². The van der Waals surface area contributed by atoms with Gasteiger partial charge in [0.1, 0.15) is 0 Å². The van der Waals surface area contributed by atoms with E-state index in [0.29, 0.717) is 19.6 Å². The Bertz CT molecular complexity index is 729. The first-order chi connectivity index (χ1) is 11.9. The molecule has 0 aliphatic carbocycles. The summed E-state index contributed by atoms with van der Waals surface area (Å²) < 4.78 is 1.36. The number of nitrogens with zero attached hydrogens (tertiary/aromatic N) is 4. The second-order valence-corrected chi connectivity index (χ2v) is 6.92. The predicted molar refractivity (Wildman–Crippen MR) is 91.9 cm³/mol. The molecule has 1 N–H and O–H groups in total. The van der Waals surface area contributed by atoms with E-state index in [1.807, 2.05) is 4.90 Å². The van der Waals surface area contributed by atoms with E-state index in [4.69, 9.17) is 0 Å². The second kappa shape index (κ2) is 7.35. The molecule has 2 aliphatic rings. The van der Waals surface area contributed by atoms with Crippen molar-refractivity contribution >= 4 is 11.8 Å². The molecule has 2 aliphatic heterocycles. The van der Waals surface area contributed by atoms with Crippen LogP contribution in [0.5, 0.6) is 0 Å². The van der Waals surface area contributed by atoms with Gasteiger partial charge in [0, 0.05) is 58.7 Å². The lowest BCUT2D eigenvalue weighted by Crippen LogP contribution is -2.51. The van der Waals surface area contributed by atoms with Crippen LogP contribution in [0.4, 0.5) is 0 Å². The molecule has 1 unspecified atom stereocenters. The molecule has 1 fully saturated rings. The van der Waals surface area contributed by atoms with Crippen molar-refractivity contribution in [3.05, 3.63) is 27.7 Å². The minimum Gasteiger partial charge on any atom is -0.352 e. The molecule has 8 nitrogen and oxygen atoms in total. The van der Waals surface area contributed by atoms with Crippen molar-refractivity contribution in [2.75, 3.05) is 26.2 Å². The van der Waals surface area contributed by atoms with Crippen LogP contribution in [0.25, 0.3) is 0 Å². The molecule has 0 bridgehead atoms. The van der Waals surface area contributed by atoms with Gasteiger partial charge in [-0.15, -0.1) is 0 Å². The summed E-state index contributed by atoms with van der Waals surface area (Å²) in [6.07, 6.45) is 2.56. The van der Waals surface area contributed by atoms with Gasteiger partial charge in [0.25, 0.3) is 5.56 Å². The normalized spacial score (nSPS) is 20.9. The molecular formula is C17H25N5O3. The lowest BCUT2D eigenvalue weighted by atomic mass is 10.0. The smallest absolute Gasteiger partial charge is 0.266 e. The molecule has 3 rings (SSSR count). The Kier molecular flexibility index (Phi) is 5.17. The Hall–Kier alpha value is -2.22. The largest absolute Gasteiger partial charge is 0.352 e. The van der Waals surface area contributed by atoms with E-state index in [1.165, 1.54) is 11.6 Å². The SMILES string of the molecule is CC(=O)NC1CCCN(C(=O)CN2CCc3nn(C)c(=O)cc3C2)C1. The Balaban J connectivity index is 1.59. The molecule has 136 valence electrons. The maximum absolute atomic E-state index is 12.6. The highest BCUT2D eigenvalue weighted by Crippen LogP contribution is 2.16. The Morgan fingerprint density at radius 3 is 2.92 bits per heavy atom. The van der Waals surface area contributed by atoms with Crippen molar-refractivity contribution in [1.29, 1.82) is 0 Å². The zero-order chi connectivity index (χ0) is 18.0. The van der Waals surface area contributed by atoms with E-state index in [2.05, 4.69) is 15.3 Å². The number of nitrogens with one attached hydrogen (secondary N) is 1. The van der Waals surface area contributed by atoms with Crippen molar-refractivity contribution in [2.45, 2.75) is 38.8 Å². The van der Waals surface area contributed by atoms with Crippen LogP contribution in [-0.2, 0) is 29.6 Å². The highest BCUT2D eigenvalue weighted by molar-refractivity contribution is 5.78. The zero-order valence-electron chi connectivity index (χ0n) is 14.8. The summed E-state index contributed by atoms with van der Waals surface area (Å²) in [6.45, 7) is 4.48. The van der Waals surface area contributed by atoms with Crippen molar-refractivity contribution in [3.8, 4) is 0 Å². The maximum Gasteiger partial charge on any atom is 0.266 e. The summed E-state index contributed by atoms with van der Waals surface area (Å²) in [7, 11) is 1.65. The van der Waals surface area contributed by atoms with Crippen LogP contribution in [-0.4, -0.2) is 63.6 Å². The average Bonchev–Trinajstić information content (AvgIpc) is 2.56. The highest BCUT2D eigenvalue weighted by atomic mass is 16.2. The monoisotopic (exact) mass is 347 g/mol. The van der Waals surface area contributed by atoms with Crippen LogP contribution in [0, 0.1) is 0 Å². The van der Waals surface area contributed by atoms with E-state index >= 15 is 0 Å². The molecule has 1 saturated heterocycles. The Labute approximate surface area is 146 Å². The van der Waals surface area contributed by atoms with Gasteiger partial charge in [-0.05, 0) is 18.4 Å². The second-order valence-electron chi connectivity index (χ2n) is 6.92. The molecule has 0 saturated carbocycles. The predicted octanol–water partition coefficient (Wildman–Crippen LogP) is -0.734. The number of likely N-dealkylation sites (tertiary alicyclic amines) is 1. The number of hydrogen-bond donors (Lipinski definition) is 1. The van der Waals surface area contributed by atoms with Gasteiger partial charge in [0.2, 0.25) is 11.8 Å². The summed E-state index contributed by atoms with van der Waals surface area (Å²) in [5.41, 5.74) is 1.73. The highest BCUT2D eigenvalue weighted by Gasteiger charge is 2.27. The fraction of sp³-hybridized carbons (Fsp3) is 0.647. The number of amides is 2. The van der Waals surface area contributed by atoms with Gasteiger partial charge in [-0.2, -0.15) is 5.10 Å². The third-order valence-corrected chi connectivity index (χ3v) is 4.86. The summed E-state index contributed by atoms with van der Waals surface area (Å²) >= 11 is 0. The van der Waals surface area contributed by atoms with Crippen LogP contribution in [0.2, 0.25) is 0 Å². The topological polar surface area (TPSA) is 87.5 Å². The van der Waals surface area contributed by atoms with Gasteiger partial charge in [0.15, 0.2) is 0 Å². The first kappa shape index (κ1) is 17.6. The van der Waals surface area contributed by atoms with Crippen LogP contribution in [0.3, 0.4) is 0 Å². The summed E-state index contributed by atoms with van der Waals surface area (Å²) in [5.74, 6) is 0.0244. The van der Waals surface area contributed by atoms with Crippen molar-refractivity contribution in [3.63, 3.8) is 0 Å². The van der Waals surface area contributed by atoms with Crippen LogP contribution >= 0.6 is 0 Å². The lowest BCUT2D eigenvalue weighted by molar-refractivity contribution is -0.134. The lowest BCUT2D eigenvalue weighted by Gasteiger charge is -2.35. The summed E-state index contributed by atoms with van der Waals surface area (Å²) in [6, 6.07) is 1.66. The number of piperidine rings is 1. The van der Waals surface area contributed by atoms with Crippen LogP contribution in [0.15, 0.2) is 10.9 Å². The van der Waals surface area contributed by atoms with Gasteiger partial charge < -0.3 is 10.2 Å². The summed E-state index contributed by atoms with van der Waals surface area (Å²) in [4.78, 5) is 39.5. The van der Waals surface area contributed by atoms with Crippen molar-refractivity contribution in [1.82, 2.24) is 24.9 Å². The number of hydrogen-bond acceptors (Lipinski definition) is 5. The third kappa shape index (κ3) is 4.25. The van der Waals surface area contributed by atoms with Gasteiger partial charge in [0.05, 0.1) is 12.2 Å². The molecule has 25 heavy (non-hydrogen) atoms. The van der Waals surface area contributed by atoms with Gasteiger partial charge in [-0.1, -0.05) is 0 Å². The first-order valence-electron chi connectivity index (χ1n) is 8.75. The molecule has 3 heterocycles. The maximum atomic E-state index is 12.6. The molecule has 0 radical (unpaired) electrons. The number of fused-ring (bicyclic) bond motifs is 1. The number of aryl methyl sites for hydroxylation is 1. The summed E-state index contributed by atoms with van der Waals surface area (Å²) in [5, 5.41) is 7.20. The molecular weight excluding hydrogens is 322 g/mol. The number of aromatic nitrogens is 2. The molecule has 1 aromatic rings. The van der Waals surface area contributed by atoms with E-state index < -0.39 is 0 Å². The third-order valence-electron chi connectivity index (χ3n) is 4.86. The van der Waals surface area contributed by atoms with Crippen molar-refractivity contribution < 1.29 is 9.59 Å². The number of rotatable bonds is 3.